The molecule has 2 aromatic rings. The van der Waals surface area contributed by atoms with Crippen molar-refractivity contribution >= 4 is 34.6 Å². The second-order valence-corrected chi connectivity index (χ2v) is 10.4. The van der Waals surface area contributed by atoms with Gasteiger partial charge in [-0.1, -0.05) is 57.7 Å². The molecule has 0 aromatic heterocycles. The summed E-state index contributed by atoms with van der Waals surface area (Å²) in [6, 6.07) is 12.7. The van der Waals surface area contributed by atoms with Crippen molar-refractivity contribution in [1.29, 1.82) is 0 Å². The number of carbonyl (C=O) groups is 1. The minimum absolute atomic E-state index is 0.0282. The van der Waals surface area contributed by atoms with Crippen molar-refractivity contribution in [3.63, 3.8) is 0 Å². The lowest BCUT2D eigenvalue weighted by Gasteiger charge is -2.39. The zero-order chi connectivity index (χ0) is 25.4. The van der Waals surface area contributed by atoms with Crippen molar-refractivity contribution in [2.24, 2.45) is 5.92 Å². The van der Waals surface area contributed by atoms with E-state index in [1.165, 1.54) is 37.8 Å². The van der Waals surface area contributed by atoms with Crippen LogP contribution in [0.25, 0.3) is 0 Å². The number of benzene rings is 2. The highest BCUT2D eigenvalue weighted by Gasteiger charge is 2.25. The van der Waals surface area contributed by atoms with Crippen LogP contribution in [0.1, 0.15) is 84.1 Å². The van der Waals surface area contributed by atoms with E-state index in [-0.39, 0.29) is 12.3 Å². The largest absolute Gasteiger partial charge is 0.492 e. The van der Waals surface area contributed by atoms with Crippen LogP contribution < -0.4 is 15.0 Å². The van der Waals surface area contributed by atoms with Crippen molar-refractivity contribution in [3.05, 3.63) is 47.0 Å². The van der Waals surface area contributed by atoms with Gasteiger partial charge in [0.1, 0.15) is 5.75 Å². The van der Waals surface area contributed by atoms with E-state index in [0.29, 0.717) is 29.3 Å². The van der Waals surface area contributed by atoms with Crippen LogP contribution in [0.5, 0.6) is 5.75 Å². The molecule has 5 nitrogen and oxygen atoms in total. The number of nitrogens with one attached hydrogen (secondary N) is 1. The molecule has 2 N–H and O–H groups in total. The molecule has 0 bridgehead atoms. The lowest BCUT2D eigenvalue weighted by atomic mass is 9.90. The highest BCUT2D eigenvalue weighted by molar-refractivity contribution is 6.32. The zero-order valence-corrected chi connectivity index (χ0v) is 22.4. The van der Waals surface area contributed by atoms with E-state index in [1.807, 2.05) is 25.1 Å². The number of ether oxygens (including phenoxy) is 1. The van der Waals surface area contributed by atoms with Crippen LogP contribution in [0.15, 0.2) is 36.4 Å². The van der Waals surface area contributed by atoms with Gasteiger partial charge in [0.2, 0.25) is 0 Å². The van der Waals surface area contributed by atoms with Crippen molar-refractivity contribution < 1.29 is 14.6 Å². The summed E-state index contributed by atoms with van der Waals surface area (Å²) >= 11 is 6.34. The first kappa shape index (κ1) is 27.2. The Morgan fingerprint density at radius 1 is 1.14 bits per heavy atom. The Balaban J connectivity index is 2.06. The minimum atomic E-state index is -0.766. The summed E-state index contributed by atoms with van der Waals surface area (Å²) in [7, 11) is 0. The molecule has 0 amide bonds. The Morgan fingerprint density at radius 3 is 2.51 bits per heavy atom. The Hall–Kier alpha value is -2.40. The van der Waals surface area contributed by atoms with Crippen LogP contribution in [0.2, 0.25) is 5.02 Å². The fraction of sp³-hybridized carbons (Fsp3) is 0.552. The first-order valence-corrected chi connectivity index (χ1v) is 13.5. The van der Waals surface area contributed by atoms with E-state index >= 15 is 0 Å². The molecular weight excluding hydrogens is 460 g/mol. The first-order chi connectivity index (χ1) is 16.8. The number of hydrogen-bond donors (Lipinski definition) is 2. The van der Waals surface area contributed by atoms with E-state index in [0.717, 1.165) is 29.9 Å². The van der Waals surface area contributed by atoms with Gasteiger partial charge in [-0.3, -0.25) is 4.79 Å². The first-order valence-electron chi connectivity index (χ1n) is 13.1. The summed E-state index contributed by atoms with van der Waals surface area (Å²) < 4.78 is 5.72. The van der Waals surface area contributed by atoms with Gasteiger partial charge in [-0.25, -0.2) is 0 Å². The summed E-state index contributed by atoms with van der Waals surface area (Å²) in [6.07, 6.45) is 7.17. The maximum atomic E-state index is 11.5. The molecule has 35 heavy (non-hydrogen) atoms. The molecule has 1 atom stereocenters. The average Bonchev–Trinajstić information content (AvgIpc) is 2.84. The van der Waals surface area contributed by atoms with Gasteiger partial charge in [0, 0.05) is 24.3 Å². The number of carboxylic acid groups (broad SMARTS) is 1. The second kappa shape index (κ2) is 13.1. The predicted octanol–water partition coefficient (Wildman–Crippen LogP) is 8.25. The summed E-state index contributed by atoms with van der Waals surface area (Å²) in [6.45, 7) is 10.1. The van der Waals surface area contributed by atoms with Crippen molar-refractivity contribution in [3.8, 4) is 5.75 Å². The number of hydrogen-bond acceptors (Lipinski definition) is 4. The highest BCUT2D eigenvalue weighted by Crippen LogP contribution is 2.39. The van der Waals surface area contributed by atoms with Crippen molar-refractivity contribution in [2.45, 2.75) is 84.6 Å². The van der Waals surface area contributed by atoms with Crippen molar-refractivity contribution in [1.82, 2.24) is 0 Å². The SMILES string of the molecule is CCOc1cc(Nc2cc(C(CC)CC(=O)O)ccc2N(CC(C)C)C2CCCCC2)ccc1Cl. The maximum Gasteiger partial charge on any atom is 0.303 e. The minimum Gasteiger partial charge on any atom is -0.492 e. The van der Waals surface area contributed by atoms with Gasteiger partial charge in [0.25, 0.3) is 0 Å². The van der Waals surface area contributed by atoms with Crippen LogP contribution in [0.3, 0.4) is 0 Å². The molecule has 1 aliphatic rings. The predicted molar refractivity (Wildman–Crippen MR) is 147 cm³/mol. The molecule has 1 saturated carbocycles. The zero-order valence-electron chi connectivity index (χ0n) is 21.6. The van der Waals surface area contributed by atoms with Crippen molar-refractivity contribution in [2.75, 3.05) is 23.4 Å². The number of anilines is 3. The molecular formula is C29H41ClN2O3. The molecule has 6 heteroatoms. The number of halogens is 1. The van der Waals surface area contributed by atoms with Crippen LogP contribution in [-0.2, 0) is 4.79 Å². The standard InChI is InChI=1S/C29H41ClN2O3/c1-5-21(17-29(33)34)22-12-15-27(32(19-20(3)4)24-10-8-7-9-11-24)26(16-22)31-23-13-14-25(30)28(18-23)35-6-2/h12-16,18,20-21,24,31H,5-11,17,19H2,1-4H3,(H,33,34). The van der Waals surface area contributed by atoms with Gasteiger partial charge >= 0.3 is 5.97 Å². The number of rotatable bonds is 12. The third kappa shape index (κ3) is 7.54. The van der Waals surface area contributed by atoms with Gasteiger partial charge in [-0.2, -0.15) is 0 Å². The molecule has 1 fully saturated rings. The number of carboxylic acids is 1. The molecule has 3 rings (SSSR count). The molecule has 0 heterocycles. The van der Waals surface area contributed by atoms with E-state index in [1.54, 1.807) is 0 Å². The Kier molecular flexibility index (Phi) is 10.1. The average molecular weight is 501 g/mol. The Bertz CT molecular complexity index is 972. The van der Waals surface area contributed by atoms with E-state index < -0.39 is 5.97 Å². The maximum absolute atomic E-state index is 11.5. The smallest absolute Gasteiger partial charge is 0.303 e. The Labute approximate surface area is 215 Å². The molecule has 0 spiro atoms. The highest BCUT2D eigenvalue weighted by atomic mass is 35.5. The molecule has 1 aliphatic carbocycles. The summed E-state index contributed by atoms with van der Waals surface area (Å²) in [5.74, 6) is 0.387. The topological polar surface area (TPSA) is 61.8 Å². The normalized spacial score (nSPS) is 15.1. The van der Waals surface area contributed by atoms with Crippen LogP contribution in [-0.4, -0.2) is 30.3 Å². The summed E-state index contributed by atoms with van der Waals surface area (Å²) in [5, 5.41) is 13.7. The summed E-state index contributed by atoms with van der Waals surface area (Å²) in [5.41, 5.74) is 4.12. The number of nitrogens with zero attached hydrogens (tertiary/aromatic N) is 1. The third-order valence-electron chi connectivity index (χ3n) is 6.80. The van der Waals surface area contributed by atoms with E-state index in [9.17, 15) is 9.90 Å². The quantitative estimate of drug-likeness (QED) is 0.307. The van der Waals surface area contributed by atoms with E-state index in [4.69, 9.17) is 16.3 Å². The van der Waals surface area contributed by atoms with Gasteiger partial charge in [0.15, 0.2) is 0 Å². The fourth-order valence-electron chi connectivity index (χ4n) is 5.10. The van der Waals surface area contributed by atoms with Crippen LogP contribution in [0.4, 0.5) is 17.1 Å². The van der Waals surface area contributed by atoms with Gasteiger partial charge in [0.05, 0.1) is 29.4 Å². The molecule has 1 unspecified atom stereocenters. The van der Waals surface area contributed by atoms with Gasteiger partial charge in [-0.15, -0.1) is 0 Å². The molecule has 2 aromatic carbocycles. The van der Waals surface area contributed by atoms with Crippen LogP contribution >= 0.6 is 11.6 Å². The lowest BCUT2D eigenvalue weighted by Crippen LogP contribution is -2.39. The Morgan fingerprint density at radius 2 is 1.89 bits per heavy atom. The molecule has 192 valence electrons. The monoisotopic (exact) mass is 500 g/mol. The van der Waals surface area contributed by atoms with Crippen LogP contribution in [0, 0.1) is 5.92 Å². The molecule has 0 saturated heterocycles. The van der Waals surface area contributed by atoms with Gasteiger partial charge in [-0.05, 0) is 67.9 Å². The van der Waals surface area contributed by atoms with Gasteiger partial charge < -0.3 is 20.1 Å². The fourth-order valence-corrected chi connectivity index (χ4v) is 5.27. The molecule has 0 aliphatic heterocycles. The third-order valence-corrected chi connectivity index (χ3v) is 7.11. The number of aliphatic carboxylic acids is 1. The summed E-state index contributed by atoms with van der Waals surface area (Å²) in [4.78, 5) is 14.1. The van der Waals surface area contributed by atoms with E-state index in [2.05, 4.69) is 49.2 Å². The second-order valence-electron chi connectivity index (χ2n) is 10.0. The lowest BCUT2D eigenvalue weighted by molar-refractivity contribution is -0.137. The molecule has 0 radical (unpaired) electrons.